The standard InChI is InChI=1S/C18H33N3/c1-5-16-12-17(21(7-3)20-16)13-18(19-6-2)15-10-8-14(4)9-11-15/h12,14-15,18-19H,5-11,13H2,1-4H3. The highest BCUT2D eigenvalue weighted by Crippen LogP contribution is 2.31. The van der Waals surface area contributed by atoms with Gasteiger partial charge in [0, 0.05) is 24.7 Å². The Morgan fingerprint density at radius 1 is 1.24 bits per heavy atom. The average Bonchev–Trinajstić information content (AvgIpc) is 2.90. The number of aryl methyl sites for hydroxylation is 2. The summed E-state index contributed by atoms with van der Waals surface area (Å²) in [5, 5.41) is 8.46. The van der Waals surface area contributed by atoms with Gasteiger partial charge in [-0.15, -0.1) is 0 Å². The maximum Gasteiger partial charge on any atom is 0.0624 e. The zero-order valence-corrected chi connectivity index (χ0v) is 14.4. The van der Waals surface area contributed by atoms with E-state index in [-0.39, 0.29) is 0 Å². The third kappa shape index (κ3) is 4.32. The van der Waals surface area contributed by atoms with E-state index in [0.717, 1.165) is 37.8 Å². The van der Waals surface area contributed by atoms with Gasteiger partial charge in [-0.25, -0.2) is 0 Å². The van der Waals surface area contributed by atoms with Crippen LogP contribution in [0.1, 0.15) is 64.8 Å². The van der Waals surface area contributed by atoms with Crippen molar-refractivity contribution in [3.8, 4) is 0 Å². The number of nitrogens with zero attached hydrogens (tertiary/aromatic N) is 2. The van der Waals surface area contributed by atoms with Crippen LogP contribution in [0.4, 0.5) is 0 Å². The summed E-state index contributed by atoms with van der Waals surface area (Å²) in [6.07, 6.45) is 7.75. The van der Waals surface area contributed by atoms with Crippen LogP contribution in [0.25, 0.3) is 0 Å². The van der Waals surface area contributed by atoms with E-state index in [9.17, 15) is 0 Å². The highest BCUT2D eigenvalue weighted by Gasteiger charge is 2.26. The number of nitrogens with one attached hydrogen (secondary N) is 1. The minimum atomic E-state index is 0.620. The Kier molecular flexibility index (Phi) is 6.28. The summed E-state index contributed by atoms with van der Waals surface area (Å²) in [5.74, 6) is 1.77. The summed E-state index contributed by atoms with van der Waals surface area (Å²) < 4.78 is 2.20. The van der Waals surface area contributed by atoms with E-state index in [0.29, 0.717) is 6.04 Å². The van der Waals surface area contributed by atoms with Crippen LogP contribution >= 0.6 is 0 Å². The first-order valence-corrected chi connectivity index (χ1v) is 8.96. The number of hydrogen-bond acceptors (Lipinski definition) is 2. The zero-order chi connectivity index (χ0) is 15.2. The van der Waals surface area contributed by atoms with Gasteiger partial charge in [0.2, 0.25) is 0 Å². The molecule has 2 rings (SSSR count). The van der Waals surface area contributed by atoms with Crippen LogP contribution in [0.3, 0.4) is 0 Å². The maximum atomic E-state index is 4.71. The van der Waals surface area contributed by atoms with E-state index in [1.165, 1.54) is 37.1 Å². The van der Waals surface area contributed by atoms with Crippen LogP contribution in [-0.4, -0.2) is 22.4 Å². The maximum absolute atomic E-state index is 4.71. The fraction of sp³-hybridized carbons (Fsp3) is 0.833. The predicted octanol–water partition coefficient (Wildman–Crippen LogP) is 3.81. The fourth-order valence-electron chi connectivity index (χ4n) is 3.71. The van der Waals surface area contributed by atoms with Crippen molar-refractivity contribution in [1.82, 2.24) is 15.1 Å². The van der Waals surface area contributed by atoms with Crippen molar-refractivity contribution >= 4 is 0 Å². The molecule has 120 valence electrons. The van der Waals surface area contributed by atoms with Crippen LogP contribution < -0.4 is 5.32 Å². The van der Waals surface area contributed by atoms with Gasteiger partial charge in [-0.2, -0.15) is 5.10 Å². The van der Waals surface area contributed by atoms with Crippen LogP contribution in [0, 0.1) is 11.8 Å². The van der Waals surface area contributed by atoms with Crippen LogP contribution in [0.2, 0.25) is 0 Å². The third-order valence-electron chi connectivity index (χ3n) is 5.10. The molecule has 1 atom stereocenters. The van der Waals surface area contributed by atoms with E-state index in [1.54, 1.807) is 0 Å². The second kappa shape index (κ2) is 7.98. The van der Waals surface area contributed by atoms with Gasteiger partial charge in [0.15, 0.2) is 0 Å². The summed E-state index contributed by atoms with van der Waals surface area (Å²) in [6.45, 7) is 11.1. The van der Waals surface area contributed by atoms with Crippen molar-refractivity contribution in [3.63, 3.8) is 0 Å². The molecule has 3 nitrogen and oxygen atoms in total. The molecule has 1 aliphatic carbocycles. The van der Waals surface area contributed by atoms with Crippen LogP contribution in [0.15, 0.2) is 6.07 Å². The lowest BCUT2D eigenvalue weighted by Crippen LogP contribution is -2.40. The molecule has 0 saturated heterocycles. The average molecular weight is 291 g/mol. The number of rotatable bonds is 7. The molecule has 1 aromatic rings. The van der Waals surface area contributed by atoms with Crippen LogP contribution in [-0.2, 0) is 19.4 Å². The largest absolute Gasteiger partial charge is 0.314 e. The lowest BCUT2D eigenvalue weighted by atomic mass is 9.78. The Morgan fingerprint density at radius 2 is 1.95 bits per heavy atom. The molecule has 1 aromatic heterocycles. The number of hydrogen-bond donors (Lipinski definition) is 1. The van der Waals surface area contributed by atoms with E-state index >= 15 is 0 Å². The van der Waals surface area contributed by atoms with Crippen LogP contribution in [0.5, 0.6) is 0 Å². The van der Waals surface area contributed by atoms with Gasteiger partial charge in [-0.1, -0.05) is 33.6 Å². The SMILES string of the molecule is CCNC(Cc1cc(CC)nn1CC)C1CCC(C)CC1. The quantitative estimate of drug-likeness (QED) is 0.828. The molecule has 0 amide bonds. The van der Waals surface area contributed by atoms with Crippen molar-refractivity contribution in [2.75, 3.05) is 6.54 Å². The molecule has 0 radical (unpaired) electrons. The highest BCUT2D eigenvalue weighted by atomic mass is 15.3. The summed E-state index contributed by atoms with van der Waals surface area (Å²) >= 11 is 0. The topological polar surface area (TPSA) is 29.9 Å². The van der Waals surface area contributed by atoms with Crippen molar-refractivity contribution in [2.24, 2.45) is 11.8 Å². The Labute approximate surface area is 130 Å². The molecule has 1 saturated carbocycles. The molecule has 0 spiro atoms. The Hall–Kier alpha value is -0.830. The smallest absolute Gasteiger partial charge is 0.0624 e. The van der Waals surface area contributed by atoms with E-state index < -0.39 is 0 Å². The van der Waals surface area contributed by atoms with Gasteiger partial charge in [0.1, 0.15) is 0 Å². The first-order valence-electron chi connectivity index (χ1n) is 8.96. The van der Waals surface area contributed by atoms with Gasteiger partial charge in [0.05, 0.1) is 5.69 Å². The Morgan fingerprint density at radius 3 is 2.52 bits per heavy atom. The van der Waals surface area contributed by atoms with Gasteiger partial charge in [-0.3, -0.25) is 4.68 Å². The van der Waals surface area contributed by atoms with Crippen molar-refractivity contribution in [2.45, 2.75) is 78.8 Å². The molecule has 0 bridgehead atoms. The van der Waals surface area contributed by atoms with Gasteiger partial charge in [-0.05, 0) is 50.6 Å². The first-order chi connectivity index (χ1) is 10.2. The van der Waals surface area contributed by atoms with E-state index in [2.05, 4.69) is 43.8 Å². The van der Waals surface area contributed by atoms with E-state index in [1.807, 2.05) is 0 Å². The second-order valence-corrected chi connectivity index (χ2v) is 6.68. The zero-order valence-electron chi connectivity index (χ0n) is 14.4. The lowest BCUT2D eigenvalue weighted by Gasteiger charge is -2.33. The lowest BCUT2D eigenvalue weighted by molar-refractivity contribution is 0.228. The molecule has 1 heterocycles. The minimum absolute atomic E-state index is 0.620. The number of aromatic nitrogens is 2. The summed E-state index contributed by atoms with van der Waals surface area (Å²) in [4.78, 5) is 0. The monoisotopic (exact) mass is 291 g/mol. The predicted molar refractivity (Wildman–Crippen MR) is 89.6 cm³/mol. The summed E-state index contributed by atoms with van der Waals surface area (Å²) in [6, 6.07) is 2.94. The van der Waals surface area contributed by atoms with Crippen molar-refractivity contribution in [3.05, 3.63) is 17.5 Å². The molecule has 21 heavy (non-hydrogen) atoms. The molecule has 1 aliphatic rings. The van der Waals surface area contributed by atoms with Crippen molar-refractivity contribution in [1.29, 1.82) is 0 Å². The third-order valence-corrected chi connectivity index (χ3v) is 5.10. The second-order valence-electron chi connectivity index (χ2n) is 6.68. The van der Waals surface area contributed by atoms with Gasteiger partial charge >= 0.3 is 0 Å². The molecular formula is C18H33N3. The van der Waals surface area contributed by atoms with Crippen molar-refractivity contribution < 1.29 is 0 Å². The first kappa shape index (κ1) is 16.5. The summed E-state index contributed by atoms with van der Waals surface area (Å²) in [5.41, 5.74) is 2.65. The Balaban J connectivity index is 2.06. The minimum Gasteiger partial charge on any atom is -0.314 e. The normalized spacial score (nSPS) is 24.2. The molecule has 1 fully saturated rings. The highest BCUT2D eigenvalue weighted by molar-refractivity contribution is 5.12. The van der Waals surface area contributed by atoms with Gasteiger partial charge in [0.25, 0.3) is 0 Å². The fourth-order valence-corrected chi connectivity index (χ4v) is 3.71. The van der Waals surface area contributed by atoms with E-state index in [4.69, 9.17) is 5.10 Å². The van der Waals surface area contributed by atoms with Gasteiger partial charge < -0.3 is 5.32 Å². The molecule has 0 aromatic carbocycles. The molecular weight excluding hydrogens is 258 g/mol. The Bertz CT molecular complexity index is 416. The molecule has 1 N–H and O–H groups in total. The molecule has 1 unspecified atom stereocenters. The summed E-state index contributed by atoms with van der Waals surface area (Å²) in [7, 11) is 0. The molecule has 3 heteroatoms. The molecule has 0 aliphatic heterocycles. The number of likely N-dealkylation sites (N-methyl/N-ethyl adjacent to an activating group) is 1.